The molecule has 4 nitrogen and oxygen atoms in total. The first-order valence-corrected chi connectivity index (χ1v) is 11.6. The van der Waals surface area contributed by atoms with Gasteiger partial charge in [-0.05, 0) is 92.9 Å². The molecule has 2 aromatic rings. The lowest BCUT2D eigenvalue weighted by atomic mass is 9.75. The Balaban J connectivity index is 1.09. The van der Waals surface area contributed by atoms with Gasteiger partial charge in [0.25, 0.3) is 0 Å². The van der Waals surface area contributed by atoms with Gasteiger partial charge in [0, 0.05) is 50.0 Å². The standard InChI is InChI=1S/C25H36N4/c1-3-22(16-26-13-1)18-28-24-9-5-20(6-10-24)15-21-7-11-25(12-8-21)29-19-23-4-2-14-27-17-23/h1-4,13-14,16-17,20-21,24-25,28-29H,5-12,15,18-19H2. The molecule has 0 unspecified atom stereocenters. The van der Waals surface area contributed by atoms with Crippen LogP contribution in [0.2, 0.25) is 0 Å². The molecule has 2 saturated carbocycles. The third-order valence-corrected chi connectivity index (χ3v) is 7.00. The summed E-state index contributed by atoms with van der Waals surface area (Å²) in [5.74, 6) is 1.91. The van der Waals surface area contributed by atoms with Crippen LogP contribution in [0.5, 0.6) is 0 Å². The Morgan fingerprint density at radius 3 is 1.48 bits per heavy atom. The maximum absolute atomic E-state index is 4.21. The van der Waals surface area contributed by atoms with Crippen LogP contribution in [0.15, 0.2) is 49.1 Å². The first kappa shape index (κ1) is 20.5. The zero-order chi connectivity index (χ0) is 19.7. The lowest BCUT2D eigenvalue weighted by Crippen LogP contribution is -2.35. The van der Waals surface area contributed by atoms with Crippen molar-refractivity contribution in [1.29, 1.82) is 0 Å². The van der Waals surface area contributed by atoms with Crippen LogP contribution in [-0.4, -0.2) is 22.1 Å². The molecule has 0 bridgehead atoms. The average molecular weight is 393 g/mol. The molecule has 2 N–H and O–H groups in total. The van der Waals surface area contributed by atoms with Crippen LogP contribution in [0.3, 0.4) is 0 Å². The Kier molecular flexibility index (Phi) is 7.66. The zero-order valence-corrected chi connectivity index (χ0v) is 17.6. The highest BCUT2D eigenvalue weighted by molar-refractivity contribution is 5.08. The molecule has 0 spiro atoms. The normalized spacial score (nSPS) is 27.6. The Hall–Kier alpha value is -1.78. The summed E-state index contributed by atoms with van der Waals surface area (Å²) in [6.45, 7) is 1.92. The van der Waals surface area contributed by atoms with Gasteiger partial charge in [0.15, 0.2) is 0 Å². The van der Waals surface area contributed by atoms with Crippen LogP contribution in [0.25, 0.3) is 0 Å². The van der Waals surface area contributed by atoms with E-state index in [4.69, 9.17) is 0 Å². The lowest BCUT2D eigenvalue weighted by Gasteiger charge is -2.34. The highest BCUT2D eigenvalue weighted by Gasteiger charge is 2.26. The number of aromatic nitrogens is 2. The molecule has 2 aliphatic carbocycles. The molecule has 0 radical (unpaired) electrons. The van der Waals surface area contributed by atoms with E-state index in [1.54, 1.807) is 0 Å². The minimum atomic E-state index is 0.693. The van der Waals surface area contributed by atoms with Crippen molar-refractivity contribution >= 4 is 0 Å². The van der Waals surface area contributed by atoms with Crippen LogP contribution in [0.1, 0.15) is 68.9 Å². The van der Waals surface area contributed by atoms with Crippen molar-refractivity contribution in [1.82, 2.24) is 20.6 Å². The molecule has 2 heterocycles. The fourth-order valence-electron chi connectivity index (χ4n) is 5.21. The molecule has 2 aromatic heterocycles. The topological polar surface area (TPSA) is 49.8 Å². The van der Waals surface area contributed by atoms with E-state index in [-0.39, 0.29) is 0 Å². The van der Waals surface area contributed by atoms with E-state index in [1.807, 2.05) is 36.9 Å². The van der Waals surface area contributed by atoms with Gasteiger partial charge in [-0.3, -0.25) is 9.97 Å². The number of rotatable bonds is 8. The fourth-order valence-corrected chi connectivity index (χ4v) is 5.21. The molecular weight excluding hydrogens is 356 g/mol. The van der Waals surface area contributed by atoms with Crippen LogP contribution in [-0.2, 0) is 13.1 Å². The molecule has 0 atom stereocenters. The van der Waals surface area contributed by atoms with E-state index in [2.05, 4.69) is 32.7 Å². The minimum Gasteiger partial charge on any atom is -0.310 e. The van der Waals surface area contributed by atoms with Crippen LogP contribution in [0.4, 0.5) is 0 Å². The predicted molar refractivity (Wildman–Crippen MR) is 118 cm³/mol. The van der Waals surface area contributed by atoms with Crippen LogP contribution < -0.4 is 10.6 Å². The van der Waals surface area contributed by atoms with E-state index in [0.29, 0.717) is 12.1 Å². The number of pyridine rings is 2. The summed E-state index contributed by atoms with van der Waals surface area (Å²) in [4.78, 5) is 8.42. The molecule has 2 aliphatic rings. The summed E-state index contributed by atoms with van der Waals surface area (Å²) in [7, 11) is 0. The van der Waals surface area contributed by atoms with Gasteiger partial charge in [-0.2, -0.15) is 0 Å². The van der Waals surface area contributed by atoms with Gasteiger partial charge in [0.1, 0.15) is 0 Å². The molecule has 0 saturated heterocycles. The van der Waals surface area contributed by atoms with Gasteiger partial charge < -0.3 is 10.6 Å². The maximum Gasteiger partial charge on any atom is 0.0312 e. The molecule has 0 aromatic carbocycles. The summed E-state index contributed by atoms with van der Waals surface area (Å²) in [6, 6.07) is 9.76. The third-order valence-electron chi connectivity index (χ3n) is 7.00. The van der Waals surface area contributed by atoms with Gasteiger partial charge in [-0.25, -0.2) is 0 Å². The number of hydrogen-bond donors (Lipinski definition) is 2. The third kappa shape index (κ3) is 6.61. The summed E-state index contributed by atoms with van der Waals surface area (Å²) in [5, 5.41) is 7.49. The van der Waals surface area contributed by atoms with Crippen molar-refractivity contribution in [2.24, 2.45) is 11.8 Å². The largest absolute Gasteiger partial charge is 0.310 e. The van der Waals surface area contributed by atoms with Gasteiger partial charge >= 0.3 is 0 Å². The Morgan fingerprint density at radius 2 is 1.10 bits per heavy atom. The van der Waals surface area contributed by atoms with Crippen molar-refractivity contribution in [3.05, 3.63) is 60.2 Å². The smallest absolute Gasteiger partial charge is 0.0312 e. The monoisotopic (exact) mass is 392 g/mol. The summed E-state index contributed by atoms with van der Waals surface area (Å²) in [6.07, 6.45) is 20.1. The minimum absolute atomic E-state index is 0.693. The van der Waals surface area contributed by atoms with Crippen LogP contribution in [0, 0.1) is 11.8 Å². The molecule has 2 fully saturated rings. The Labute approximate surface area is 175 Å². The molecule has 156 valence electrons. The molecular formula is C25H36N4. The number of nitrogens with zero attached hydrogens (tertiary/aromatic N) is 2. The summed E-state index contributed by atoms with van der Waals surface area (Å²) >= 11 is 0. The predicted octanol–water partition coefficient (Wildman–Crippen LogP) is 4.86. The SMILES string of the molecule is c1cncc(CNC2CCC(CC3CCC(NCc4cccnc4)CC3)CC2)c1. The van der Waals surface area contributed by atoms with E-state index in [0.717, 1.165) is 24.9 Å². The van der Waals surface area contributed by atoms with E-state index < -0.39 is 0 Å². The second kappa shape index (κ2) is 10.8. The van der Waals surface area contributed by atoms with Crippen molar-refractivity contribution in [3.63, 3.8) is 0 Å². The van der Waals surface area contributed by atoms with Gasteiger partial charge in [0.05, 0.1) is 0 Å². The van der Waals surface area contributed by atoms with Crippen molar-refractivity contribution in [2.75, 3.05) is 0 Å². The van der Waals surface area contributed by atoms with Gasteiger partial charge in [-0.15, -0.1) is 0 Å². The van der Waals surface area contributed by atoms with Crippen LogP contribution >= 0.6 is 0 Å². The highest BCUT2D eigenvalue weighted by atomic mass is 14.9. The highest BCUT2D eigenvalue weighted by Crippen LogP contribution is 2.35. The lowest BCUT2D eigenvalue weighted by molar-refractivity contribution is 0.206. The molecule has 0 aliphatic heterocycles. The van der Waals surface area contributed by atoms with E-state index >= 15 is 0 Å². The quantitative estimate of drug-likeness (QED) is 0.673. The maximum atomic E-state index is 4.21. The summed E-state index contributed by atoms with van der Waals surface area (Å²) < 4.78 is 0. The molecule has 4 heteroatoms. The summed E-state index contributed by atoms with van der Waals surface area (Å²) in [5.41, 5.74) is 2.59. The fraction of sp³-hybridized carbons (Fsp3) is 0.600. The zero-order valence-electron chi connectivity index (χ0n) is 17.6. The molecule has 4 rings (SSSR count). The molecule has 29 heavy (non-hydrogen) atoms. The van der Waals surface area contributed by atoms with Crippen molar-refractivity contribution in [2.45, 2.75) is 83.0 Å². The van der Waals surface area contributed by atoms with Gasteiger partial charge in [0.2, 0.25) is 0 Å². The average Bonchev–Trinajstić information content (AvgIpc) is 2.80. The number of nitrogens with one attached hydrogen (secondary N) is 2. The molecule has 0 amide bonds. The second-order valence-corrected chi connectivity index (χ2v) is 9.16. The van der Waals surface area contributed by atoms with Crippen molar-refractivity contribution < 1.29 is 0 Å². The van der Waals surface area contributed by atoms with Crippen molar-refractivity contribution in [3.8, 4) is 0 Å². The first-order chi connectivity index (χ1) is 14.3. The first-order valence-electron chi connectivity index (χ1n) is 11.6. The van der Waals surface area contributed by atoms with Gasteiger partial charge in [-0.1, -0.05) is 12.1 Å². The van der Waals surface area contributed by atoms with E-state index in [1.165, 1.54) is 68.9 Å². The second-order valence-electron chi connectivity index (χ2n) is 9.16. The Bertz CT molecular complexity index is 628. The number of hydrogen-bond acceptors (Lipinski definition) is 4. The van der Waals surface area contributed by atoms with E-state index in [9.17, 15) is 0 Å². The Morgan fingerprint density at radius 1 is 0.655 bits per heavy atom.